The number of aliphatic hydroxyl groups is 3. The van der Waals surface area contributed by atoms with Crippen LogP contribution in [0.3, 0.4) is 0 Å². The van der Waals surface area contributed by atoms with Crippen LogP contribution in [0.5, 0.6) is 0 Å². The van der Waals surface area contributed by atoms with Crippen molar-refractivity contribution in [2.24, 2.45) is 15.4 Å². The molecule has 33 nitrogen and oxygen atoms in total. The molecule has 0 aliphatic carbocycles. The number of likely N-dealkylation sites (N-methyl/N-ethyl adjacent to an activating group) is 1. The first kappa shape index (κ1) is 121. The number of primary sulfonamides is 3. The van der Waals surface area contributed by atoms with Gasteiger partial charge in [0.15, 0.2) is 0 Å². The fourth-order valence-electron chi connectivity index (χ4n) is 16.0. The van der Waals surface area contributed by atoms with E-state index in [1.165, 1.54) is 33.2 Å². The van der Waals surface area contributed by atoms with Gasteiger partial charge in [0, 0.05) is 130 Å². The zero-order chi connectivity index (χ0) is 108. The standard InChI is InChI=1S/C36H47F2N5O6S.C35H45F2N5O6S.C34H43F2N5O6S/c1-4-7-15-43(41-34(45)19-25-11-9-8-10-12-25)24-33(44)32(18-26-16-29(37)23-30(38)17-26)40-35(46)27-20-28(22-31(21-27)50(39,48)49)36(47)42(13-5-2)14-6-3;1-4-12-41(13-5-2)35(46)27-19-26(20-30(21-27)49(38,47)48)34(45)39-31(17-25-15-28(36)22-29(37)16-25)32(43)23-42(14-6-3)40-33(44)18-24-10-8-7-9-11-24;1-4-12-40(13-5-2)34(45)26-18-25(19-29(20-26)48(37,46)47)33(44)38-30(16-24-14-27(35)21-28(36)15-24)31(42)22-41(6-3)39-32(43)17-23-10-8-7-9-11-23/h8-12,16-17,20-23,32-33,44H,4-7,13-15,18-19,24H2,1-3H3,(H,40,46)(H,41,45)(H2,39,48,49);7-11,15-16,19-22,31-32,43H,4-6,12-14,17-18,23H2,1-3H3,(H,39,45)(H,40,44)(H2,38,47,48);7-11,14-15,18-21,30-31,42H,4-6,12-13,16-17,22H2,1-3H3,(H,38,44)(H,39,43)(H2,37,46,47). The fraction of sp³-hybridized carbons (Fsp3) is 0.400. The highest BCUT2D eigenvalue weighted by Crippen LogP contribution is 2.26. The third kappa shape index (κ3) is 41.1. The van der Waals surface area contributed by atoms with Crippen LogP contribution in [-0.2, 0) is 83.0 Å². The van der Waals surface area contributed by atoms with Crippen molar-refractivity contribution in [3.05, 3.63) is 302 Å². The molecule has 42 heteroatoms. The van der Waals surface area contributed by atoms with Gasteiger partial charge in [-0.2, -0.15) is 0 Å². The number of amides is 9. The van der Waals surface area contributed by atoms with Crippen LogP contribution in [0.15, 0.2) is 215 Å². The van der Waals surface area contributed by atoms with Crippen LogP contribution >= 0.6 is 0 Å². The highest BCUT2D eigenvalue weighted by atomic mass is 32.2. The van der Waals surface area contributed by atoms with Crippen molar-refractivity contribution >= 4 is 83.2 Å². The number of unbranched alkanes of at least 4 members (excludes halogenated alkanes) is 1. The first-order chi connectivity index (χ1) is 69.7. The minimum atomic E-state index is -4.36. The number of nitrogens with zero attached hydrogens (tertiary/aromatic N) is 6. The van der Waals surface area contributed by atoms with Crippen molar-refractivity contribution in [1.29, 1.82) is 0 Å². The predicted octanol–water partition coefficient (Wildman–Crippen LogP) is 10.7. The molecule has 0 fully saturated rings. The molecule has 6 unspecified atom stereocenters. The molecule has 0 aromatic heterocycles. The van der Waals surface area contributed by atoms with E-state index in [0.717, 1.165) is 95.9 Å². The largest absolute Gasteiger partial charge is 0.390 e. The molecule has 0 aliphatic heterocycles. The Bertz CT molecular complexity index is 6180. The molecule has 0 aliphatic rings. The molecular weight excluding hydrogens is 1970 g/mol. The summed E-state index contributed by atoms with van der Waals surface area (Å²) in [6, 6.07) is 42.1. The third-order valence-corrected chi connectivity index (χ3v) is 25.6. The number of nitrogens with one attached hydrogen (secondary N) is 6. The number of nitrogens with two attached hydrogens (primary N) is 3. The van der Waals surface area contributed by atoms with E-state index in [1.54, 1.807) is 58.0 Å². The number of benzene rings is 9. The summed E-state index contributed by atoms with van der Waals surface area (Å²) in [4.78, 5) is 123. The summed E-state index contributed by atoms with van der Waals surface area (Å²) < 4.78 is 159. The van der Waals surface area contributed by atoms with Crippen LogP contribution in [0, 0.1) is 34.9 Å². The Kier molecular flexibility index (Phi) is 49.4. The molecule has 0 saturated heterocycles. The average Bonchev–Trinajstić information content (AvgIpc) is 0.805. The van der Waals surface area contributed by atoms with Gasteiger partial charge in [-0.05, 0) is 195 Å². The maximum Gasteiger partial charge on any atom is 0.253 e. The minimum Gasteiger partial charge on any atom is -0.390 e. The highest BCUT2D eigenvalue weighted by molar-refractivity contribution is 7.89. The zero-order valence-electron chi connectivity index (χ0n) is 84.0. The lowest BCUT2D eigenvalue weighted by Crippen LogP contribution is -2.53. The first-order valence-corrected chi connectivity index (χ1v) is 53.3. The minimum absolute atomic E-state index is 0.0697. The Morgan fingerprint density at radius 2 is 0.524 bits per heavy atom. The third-order valence-electron chi connectivity index (χ3n) is 22.9. The van der Waals surface area contributed by atoms with Crippen molar-refractivity contribution in [3.63, 3.8) is 0 Å². The van der Waals surface area contributed by atoms with E-state index >= 15 is 0 Å². The molecule has 9 rings (SSSR count). The van der Waals surface area contributed by atoms with E-state index in [1.807, 2.05) is 110 Å². The van der Waals surface area contributed by atoms with Crippen LogP contribution in [0.4, 0.5) is 26.3 Å². The van der Waals surface area contributed by atoms with E-state index in [0.29, 0.717) is 122 Å². The normalized spacial score (nSPS) is 12.7. The van der Waals surface area contributed by atoms with E-state index in [9.17, 15) is 110 Å². The number of rotatable bonds is 54. The van der Waals surface area contributed by atoms with Crippen molar-refractivity contribution in [1.82, 2.24) is 62.0 Å². The van der Waals surface area contributed by atoms with Gasteiger partial charge in [0.25, 0.3) is 35.4 Å². The van der Waals surface area contributed by atoms with Gasteiger partial charge in [0.05, 0.1) is 70.4 Å². The van der Waals surface area contributed by atoms with Crippen molar-refractivity contribution in [3.8, 4) is 0 Å². The van der Waals surface area contributed by atoms with Crippen LogP contribution in [0.25, 0.3) is 0 Å². The summed E-state index contributed by atoms with van der Waals surface area (Å²) in [5.74, 6) is -10.2. The summed E-state index contributed by atoms with van der Waals surface area (Å²) in [7, 11) is -13.1. The lowest BCUT2D eigenvalue weighted by molar-refractivity contribution is -0.127. The van der Waals surface area contributed by atoms with Crippen LogP contribution in [0.1, 0.15) is 216 Å². The molecule has 9 aromatic carbocycles. The second kappa shape index (κ2) is 59.9. The SMILES string of the molecule is CCCCN(CC(O)C(Cc1cc(F)cc(F)c1)NC(=O)c1cc(C(=O)N(CCC)CCC)cc(S(N)(=O)=O)c1)NC(=O)Cc1ccccc1.CCCN(CC(O)C(Cc1cc(F)cc(F)c1)NC(=O)c1cc(C(=O)N(CCC)CCC)cc(S(N)(=O)=O)c1)NC(=O)Cc1ccccc1.CCCN(CCC)C(=O)c1cc(C(=O)NC(Cc2cc(F)cc(F)c2)C(O)CN(CC)NC(=O)Cc2ccccc2)cc(S(N)(=O)=O)c1. The maximum absolute atomic E-state index is 14.2. The van der Waals surface area contributed by atoms with E-state index in [4.69, 9.17) is 15.4 Å². The van der Waals surface area contributed by atoms with Crippen LogP contribution in [0.2, 0.25) is 0 Å². The van der Waals surface area contributed by atoms with Gasteiger partial charge in [-0.3, -0.25) is 59.4 Å². The molecular formula is C105H135F6N15O18S3. The molecule has 147 heavy (non-hydrogen) atoms. The molecule has 0 spiro atoms. The zero-order valence-corrected chi connectivity index (χ0v) is 86.4. The molecule has 798 valence electrons. The monoisotopic (exact) mass is 2100 g/mol. The number of hydrazine groups is 3. The molecule has 0 saturated carbocycles. The number of aliphatic hydroxyl groups excluding tert-OH is 3. The van der Waals surface area contributed by atoms with Gasteiger partial charge in [-0.1, -0.05) is 160 Å². The Hall–Kier alpha value is -12.7. The molecule has 6 atom stereocenters. The lowest BCUT2D eigenvalue weighted by atomic mass is 9.99. The second-order valence-corrected chi connectivity index (χ2v) is 40.2. The smallest absolute Gasteiger partial charge is 0.253 e. The summed E-state index contributed by atoms with van der Waals surface area (Å²) in [6.07, 6.45) is 1.26. The van der Waals surface area contributed by atoms with Gasteiger partial charge in [-0.25, -0.2) is 82.0 Å². The highest BCUT2D eigenvalue weighted by Gasteiger charge is 2.34. The lowest BCUT2D eigenvalue weighted by Gasteiger charge is -2.30. The summed E-state index contributed by atoms with van der Waals surface area (Å²) >= 11 is 0. The first-order valence-electron chi connectivity index (χ1n) is 48.7. The average molecular weight is 2110 g/mol. The Morgan fingerprint density at radius 1 is 0.293 bits per heavy atom. The molecule has 0 heterocycles. The molecule has 9 amide bonds. The van der Waals surface area contributed by atoms with Gasteiger partial charge in [0.2, 0.25) is 47.8 Å². The quantitative estimate of drug-likeness (QED) is 0.0124. The molecule has 15 N–H and O–H groups in total. The van der Waals surface area contributed by atoms with E-state index in [-0.39, 0.29) is 132 Å². The topological polar surface area (TPSA) is 486 Å². The van der Waals surface area contributed by atoms with Crippen molar-refractivity contribution in [2.75, 3.05) is 78.5 Å². The van der Waals surface area contributed by atoms with Crippen LogP contribution < -0.4 is 47.6 Å². The van der Waals surface area contributed by atoms with Gasteiger partial charge < -0.3 is 46.0 Å². The van der Waals surface area contributed by atoms with Gasteiger partial charge in [-0.15, -0.1) is 0 Å². The number of hydrogen-bond acceptors (Lipinski definition) is 21. The summed E-state index contributed by atoms with van der Waals surface area (Å²) in [5, 5.41) is 63.0. The number of sulfonamides is 3. The number of carbonyl (C=O) groups is 9. The number of carbonyl (C=O) groups excluding carboxylic acids is 9. The Morgan fingerprint density at radius 3 is 0.755 bits per heavy atom. The number of hydrogen-bond donors (Lipinski definition) is 12. The summed E-state index contributed by atoms with van der Waals surface area (Å²) in [6.45, 7) is 19.8. The van der Waals surface area contributed by atoms with Gasteiger partial charge in [0.1, 0.15) is 34.9 Å². The molecule has 9 aromatic rings. The Labute approximate surface area is 855 Å². The molecule has 0 radical (unpaired) electrons. The fourth-order valence-corrected chi connectivity index (χ4v) is 17.8. The summed E-state index contributed by atoms with van der Waals surface area (Å²) in [5.41, 5.74) is 10.1. The van der Waals surface area contributed by atoms with Crippen molar-refractivity contribution in [2.45, 2.75) is 210 Å². The number of halogens is 6. The Balaban J connectivity index is 0.000000299. The molecule has 0 bridgehead atoms. The second-order valence-electron chi connectivity index (χ2n) is 35.5. The maximum atomic E-state index is 14.2. The predicted molar refractivity (Wildman–Crippen MR) is 545 cm³/mol. The van der Waals surface area contributed by atoms with E-state index < -0.39 is 152 Å². The van der Waals surface area contributed by atoms with Crippen LogP contribution in [-0.4, -0.2) is 238 Å². The van der Waals surface area contributed by atoms with Crippen molar-refractivity contribution < 1.29 is 110 Å². The van der Waals surface area contributed by atoms with Gasteiger partial charge >= 0.3 is 0 Å². The van der Waals surface area contributed by atoms with E-state index in [2.05, 4.69) is 32.2 Å².